The van der Waals surface area contributed by atoms with E-state index in [1.54, 1.807) is 19.2 Å². The predicted octanol–water partition coefficient (Wildman–Crippen LogP) is 2.73. The molecule has 1 aromatic carbocycles. The van der Waals surface area contributed by atoms with Gasteiger partial charge < -0.3 is 9.84 Å². The third-order valence-electron chi connectivity index (χ3n) is 1.95. The number of aliphatic hydroxyl groups is 1. The van der Waals surface area contributed by atoms with E-state index in [9.17, 15) is 0 Å². The molecular formula is C9H11ClN2O2. The maximum absolute atomic E-state index is 9.03. The van der Waals surface area contributed by atoms with Crippen molar-refractivity contribution in [1.82, 2.24) is 0 Å². The van der Waals surface area contributed by atoms with E-state index in [0.29, 0.717) is 11.4 Å². The molecule has 14 heavy (non-hydrogen) atoms. The molecule has 0 fully saturated rings. The van der Waals surface area contributed by atoms with Crippen molar-refractivity contribution in [2.24, 2.45) is 9.75 Å². The fraction of sp³-hybridized carbons (Fsp3) is 0.333. The van der Waals surface area contributed by atoms with Crippen LogP contribution in [0, 0.1) is 6.92 Å². The Labute approximate surface area is 87.3 Å². The Morgan fingerprint density at radius 2 is 2.21 bits per heavy atom. The maximum atomic E-state index is 9.03. The number of methoxy groups -OCH3 is 1. The Bertz CT molecular complexity index is 353. The fourth-order valence-corrected chi connectivity index (χ4v) is 1.25. The summed E-state index contributed by atoms with van der Waals surface area (Å²) >= 11 is 5.14. The van der Waals surface area contributed by atoms with E-state index < -0.39 is 0 Å². The SMILES string of the molecule is COc1cc(C)c(CO)cc1N=NCl. The van der Waals surface area contributed by atoms with Crippen LogP contribution in [0.1, 0.15) is 11.1 Å². The monoisotopic (exact) mass is 214 g/mol. The highest BCUT2D eigenvalue weighted by atomic mass is 35.5. The van der Waals surface area contributed by atoms with Crippen molar-refractivity contribution >= 4 is 17.5 Å². The quantitative estimate of drug-likeness (QED) is 0.787. The summed E-state index contributed by atoms with van der Waals surface area (Å²) in [5, 5.41) is 12.7. The highest BCUT2D eigenvalue weighted by Gasteiger charge is 2.06. The van der Waals surface area contributed by atoms with Crippen LogP contribution in [0.25, 0.3) is 0 Å². The Balaban J connectivity index is 3.24. The zero-order valence-electron chi connectivity index (χ0n) is 7.99. The summed E-state index contributed by atoms with van der Waals surface area (Å²) in [6, 6.07) is 3.48. The van der Waals surface area contributed by atoms with E-state index in [0.717, 1.165) is 11.1 Å². The summed E-state index contributed by atoms with van der Waals surface area (Å²) in [7, 11) is 1.54. The topological polar surface area (TPSA) is 54.2 Å². The Kier molecular flexibility index (Phi) is 3.85. The molecule has 0 spiro atoms. The van der Waals surface area contributed by atoms with Gasteiger partial charge in [-0.25, -0.2) is 0 Å². The van der Waals surface area contributed by atoms with E-state index in [4.69, 9.17) is 21.6 Å². The zero-order valence-corrected chi connectivity index (χ0v) is 8.75. The lowest BCUT2D eigenvalue weighted by atomic mass is 10.1. The number of aryl methyl sites for hydroxylation is 1. The second-order valence-corrected chi connectivity index (χ2v) is 2.94. The van der Waals surface area contributed by atoms with E-state index in [2.05, 4.69) is 9.75 Å². The molecule has 0 aliphatic heterocycles. The molecule has 0 radical (unpaired) electrons. The third kappa shape index (κ3) is 2.21. The van der Waals surface area contributed by atoms with Crippen LogP contribution in [0.3, 0.4) is 0 Å². The lowest BCUT2D eigenvalue weighted by molar-refractivity contribution is 0.281. The molecule has 0 aliphatic carbocycles. The summed E-state index contributed by atoms with van der Waals surface area (Å²) in [6.45, 7) is 1.84. The number of nitrogens with zero attached hydrogens (tertiary/aromatic N) is 2. The average molecular weight is 215 g/mol. The van der Waals surface area contributed by atoms with Crippen molar-refractivity contribution < 1.29 is 9.84 Å². The Hall–Kier alpha value is -1.13. The van der Waals surface area contributed by atoms with Gasteiger partial charge in [-0.1, -0.05) is 4.63 Å². The smallest absolute Gasteiger partial charge is 0.146 e. The summed E-state index contributed by atoms with van der Waals surface area (Å²) in [6.07, 6.45) is 0. The van der Waals surface area contributed by atoms with Gasteiger partial charge in [0.15, 0.2) is 0 Å². The molecule has 0 saturated heterocycles. The second kappa shape index (κ2) is 4.93. The summed E-state index contributed by atoms with van der Waals surface area (Å²) < 4.78 is 8.24. The Morgan fingerprint density at radius 3 is 2.71 bits per heavy atom. The fourth-order valence-electron chi connectivity index (χ4n) is 1.17. The molecule has 1 N–H and O–H groups in total. The van der Waals surface area contributed by atoms with Crippen molar-refractivity contribution in [2.45, 2.75) is 13.5 Å². The number of hydrogen-bond donors (Lipinski definition) is 1. The van der Waals surface area contributed by atoms with E-state index in [1.807, 2.05) is 6.92 Å². The first-order chi connectivity index (χ1) is 6.72. The van der Waals surface area contributed by atoms with Gasteiger partial charge in [0.2, 0.25) is 0 Å². The molecule has 0 amide bonds. The highest BCUT2D eigenvalue weighted by molar-refractivity contribution is 6.14. The molecule has 0 aliphatic rings. The largest absolute Gasteiger partial charge is 0.494 e. The molecule has 0 bridgehead atoms. The van der Waals surface area contributed by atoms with Crippen LogP contribution in [0.5, 0.6) is 5.75 Å². The minimum Gasteiger partial charge on any atom is -0.494 e. The molecular weight excluding hydrogens is 204 g/mol. The first-order valence-electron chi connectivity index (χ1n) is 4.03. The van der Waals surface area contributed by atoms with Gasteiger partial charge in [-0.3, -0.25) is 0 Å². The molecule has 1 rings (SSSR count). The molecule has 0 unspecified atom stereocenters. The number of ether oxygens (including phenoxy) is 1. The van der Waals surface area contributed by atoms with Crippen LogP contribution in [-0.2, 0) is 6.61 Å². The van der Waals surface area contributed by atoms with E-state index in [1.165, 1.54) is 0 Å². The van der Waals surface area contributed by atoms with Gasteiger partial charge in [-0.15, -0.1) is 5.11 Å². The average Bonchev–Trinajstić information content (AvgIpc) is 2.20. The van der Waals surface area contributed by atoms with Crippen molar-refractivity contribution in [1.29, 1.82) is 0 Å². The molecule has 0 aromatic heterocycles. The summed E-state index contributed by atoms with van der Waals surface area (Å²) in [5.41, 5.74) is 2.24. The van der Waals surface area contributed by atoms with Crippen LogP contribution in [0.15, 0.2) is 21.9 Å². The lowest BCUT2D eigenvalue weighted by Crippen LogP contribution is -1.91. The van der Waals surface area contributed by atoms with E-state index >= 15 is 0 Å². The van der Waals surface area contributed by atoms with Crippen molar-refractivity contribution in [3.05, 3.63) is 23.3 Å². The molecule has 5 heteroatoms. The van der Waals surface area contributed by atoms with Gasteiger partial charge in [0.1, 0.15) is 11.4 Å². The molecule has 0 heterocycles. The van der Waals surface area contributed by atoms with Gasteiger partial charge in [-0.05, 0) is 30.2 Å². The highest BCUT2D eigenvalue weighted by Crippen LogP contribution is 2.31. The number of halogens is 1. The van der Waals surface area contributed by atoms with Gasteiger partial charge >= 0.3 is 0 Å². The number of hydrogen-bond acceptors (Lipinski definition) is 4. The van der Waals surface area contributed by atoms with Crippen LogP contribution in [-0.4, -0.2) is 12.2 Å². The minimum atomic E-state index is -0.0410. The standard InChI is InChI=1S/C9H11ClN2O2/c1-6-3-9(14-2)8(11-12-10)4-7(6)5-13/h3-4,13H,5H2,1-2H3. The summed E-state index contributed by atoms with van der Waals surface area (Å²) in [5.74, 6) is 0.587. The van der Waals surface area contributed by atoms with Gasteiger partial charge in [0.25, 0.3) is 0 Å². The molecule has 76 valence electrons. The van der Waals surface area contributed by atoms with Crippen molar-refractivity contribution in [2.75, 3.05) is 7.11 Å². The number of aliphatic hydroxyl groups excluding tert-OH is 1. The molecule has 4 nitrogen and oxygen atoms in total. The summed E-state index contributed by atoms with van der Waals surface area (Å²) in [4.78, 5) is 0. The van der Waals surface area contributed by atoms with Crippen LogP contribution < -0.4 is 4.74 Å². The van der Waals surface area contributed by atoms with E-state index in [-0.39, 0.29) is 6.61 Å². The van der Waals surface area contributed by atoms with Crippen molar-refractivity contribution in [3.63, 3.8) is 0 Å². The maximum Gasteiger partial charge on any atom is 0.146 e. The first-order valence-corrected chi connectivity index (χ1v) is 4.37. The van der Waals surface area contributed by atoms with Crippen LogP contribution in [0.4, 0.5) is 5.69 Å². The lowest BCUT2D eigenvalue weighted by Gasteiger charge is -2.08. The van der Waals surface area contributed by atoms with Gasteiger partial charge in [-0.2, -0.15) is 0 Å². The first kappa shape index (κ1) is 10.9. The Morgan fingerprint density at radius 1 is 1.50 bits per heavy atom. The molecule has 1 aromatic rings. The van der Waals surface area contributed by atoms with Crippen molar-refractivity contribution in [3.8, 4) is 5.75 Å². The molecule has 0 atom stereocenters. The minimum absolute atomic E-state index is 0.0410. The normalized spacial score (nSPS) is 10.9. The number of benzene rings is 1. The predicted molar refractivity (Wildman–Crippen MR) is 54.0 cm³/mol. The molecule has 0 saturated carbocycles. The number of rotatable bonds is 3. The van der Waals surface area contributed by atoms with Gasteiger partial charge in [0.05, 0.1) is 25.5 Å². The second-order valence-electron chi connectivity index (χ2n) is 2.78. The van der Waals surface area contributed by atoms with Gasteiger partial charge in [0, 0.05) is 0 Å². The third-order valence-corrected chi connectivity index (χ3v) is 2.03. The van der Waals surface area contributed by atoms with Crippen LogP contribution >= 0.6 is 11.8 Å². The van der Waals surface area contributed by atoms with Crippen LogP contribution in [0.2, 0.25) is 0 Å². The zero-order chi connectivity index (χ0) is 10.6.